The van der Waals surface area contributed by atoms with Crippen LogP contribution in [0.25, 0.3) is 0 Å². The Morgan fingerprint density at radius 1 is 1.53 bits per heavy atom. The van der Waals surface area contributed by atoms with Crippen molar-refractivity contribution < 1.29 is 9.53 Å². The van der Waals surface area contributed by atoms with Crippen LogP contribution >= 0.6 is 22.9 Å². The monoisotopic (exact) mass is 301 g/mol. The summed E-state index contributed by atoms with van der Waals surface area (Å²) in [6.07, 6.45) is 2.51. The van der Waals surface area contributed by atoms with E-state index in [2.05, 4.69) is 0 Å². The first-order valence-electron chi connectivity index (χ1n) is 6.48. The van der Waals surface area contributed by atoms with E-state index in [1.807, 2.05) is 33.2 Å². The van der Waals surface area contributed by atoms with Gasteiger partial charge in [0.25, 0.3) is 0 Å². The highest BCUT2D eigenvalue weighted by Gasteiger charge is 2.29. The zero-order valence-corrected chi connectivity index (χ0v) is 13.4. The molecule has 0 saturated carbocycles. The molecular formula is C14H20ClNO2S. The lowest BCUT2D eigenvalue weighted by Gasteiger charge is -2.32. The molecule has 106 valence electrons. The Hall–Kier alpha value is -0.740. The van der Waals surface area contributed by atoms with Crippen LogP contribution in [0.1, 0.15) is 37.6 Å². The lowest BCUT2D eigenvalue weighted by atomic mass is 9.94. The normalized spacial score (nSPS) is 18.9. The average molecular weight is 302 g/mol. The van der Waals surface area contributed by atoms with Crippen LogP contribution in [0.5, 0.6) is 0 Å². The Kier molecular flexibility index (Phi) is 4.11. The summed E-state index contributed by atoms with van der Waals surface area (Å²) in [6, 6.07) is 0.206. The van der Waals surface area contributed by atoms with E-state index >= 15 is 0 Å². The number of ether oxygens (including phenoxy) is 1. The third-order valence-corrected chi connectivity index (χ3v) is 4.83. The molecule has 1 aliphatic carbocycles. The molecule has 3 nitrogen and oxygen atoms in total. The molecule has 2 rings (SSSR count). The van der Waals surface area contributed by atoms with Gasteiger partial charge in [0.2, 0.25) is 0 Å². The summed E-state index contributed by atoms with van der Waals surface area (Å²) in [5.74, 6) is 0. The number of likely N-dealkylation sites (N-methyl/N-ethyl adjacent to an activating group) is 1. The van der Waals surface area contributed by atoms with Crippen LogP contribution < -0.4 is 0 Å². The number of fused-ring (bicyclic) bond motifs is 1. The topological polar surface area (TPSA) is 29.5 Å². The van der Waals surface area contributed by atoms with Crippen molar-refractivity contribution in [1.82, 2.24) is 4.90 Å². The summed E-state index contributed by atoms with van der Waals surface area (Å²) in [5, 5.41) is 2.86. The van der Waals surface area contributed by atoms with Crippen molar-refractivity contribution in [2.45, 2.75) is 51.7 Å². The maximum atomic E-state index is 12.1. The summed E-state index contributed by atoms with van der Waals surface area (Å²) in [6.45, 7) is 5.66. The van der Waals surface area contributed by atoms with Gasteiger partial charge in [0.15, 0.2) is 0 Å². The number of carbonyl (C=O) groups is 1. The third-order valence-electron chi connectivity index (χ3n) is 3.31. The maximum absolute atomic E-state index is 12.1. The Morgan fingerprint density at radius 3 is 2.84 bits per heavy atom. The first-order chi connectivity index (χ1) is 8.78. The standard InChI is InChI=1S/C14H20ClNO2S/c1-14(2,3)18-13(17)16(4)9-5-6-10-11(15)8-19-12(10)7-9/h8-9H,5-7H2,1-4H3. The number of thiophene rings is 1. The minimum Gasteiger partial charge on any atom is -0.444 e. The highest BCUT2D eigenvalue weighted by molar-refractivity contribution is 7.10. The number of hydrogen-bond acceptors (Lipinski definition) is 3. The Labute approximate surface area is 123 Å². The molecule has 1 unspecified atom stereocenters. The zero-order chi connectivity index (χ0) is 14.2. The van der Waals surface area contributed by atoms with Gasteiger partial charge >= 0.3 is 6.09 Å². The molecule has 1 aromatic heterocycles. The molecule has 0 radical (unpaired) electrons. The second-order valence-electron chi connectivity index (χ2n) is 5.97. The van der Waals surface area contributed by atoms with Gasteiger partial charge in [0.05, 0.1) is 5.02 Å². The van der Waals surface area contributed by atoms with E-state index < -0.39 is 5.60 Å². The van der Waals surface area contributed by atoms with Crippen LogP contribution in [0, 0.1) is 0 Å². The molecule has 1 aromatic rings. The zero-order valence-electron chi connectivity index (χ0n) is 11.8. The molecule has 0 aliphatic heterocycles. The molecule has 0 bridgehead atoms. The van der Waals surface area contributed by atoms with Crippen LogP contribution in [0.15, 0.2) is 5.38 Å². The van der Waals surface area contributed by atoms with Gasteiger partial charge < -0.3 is 9.64 Å². The van der Waals surface area contributed by atoms with E-state index in [0.29, 0.717) is 0 Å². The van der Waals surface area contributed by atoms with Crippen molar-refractivity contribution in [1.29, 1.82) is 0 Å². The lowest BCUT2D eigenvalue weighted by Crippen LogP contribution is -2.43. The number of hydrogen-bond donors (Lipinski definition) is 0. The molecule has 1 aliphatic rings. The predicted molar refractivity (Wildman–Crippen MR) is 79.1 cm³/mol. The van der Waals surface area contributed by atoms with Crippen LogP contribution in [-0.2, 0) is 17.6 Å². The maximum Gasteiger partial charge on any atom is 0.410 e. The van der Waals surface area contributed by atoms with E-state index in [9.17, 15) is 4.79 Å². The average Bonchev–Trinajstić information content (AvgIpc) is 2.67. The molecule has 5 heteroatoms. The van der Waals surface area contributed by atoms with Gasteiger partial charge in [0.1, 0.15) is 5.60 Å². The van der Waals surface area contributed by atoms with Gasteiger partial charge in [0, 0.05) is 29.8 Å². The second-order valence-corrected chi connectivity index (χ2v) is 7.34. The van der Waals surface area contributed by atoms with Crippen LogP contribution in [-0.4, -0.2) is 29.7 Å². The molecule has 0 spiro atoms. The fraction of sp³-hybridized carbons (Fsp3) is 0.643. The molecule has 0 fully saturated rings. The summed E-state index contributed by atoms with van der Waals surface area (Å²) < 4.78 is 5.41. The van der Waals surface area contributed by atoms with E-state index in [4.69, 9.17) is 16.3 Å². The van der Waals surface area contributed by atoms with Crippen molar-refractivity contribution in [3.63, 3.8) is 0 Å². The number of carbonyl (C=O) groups excluding carboxylic acids is 1. The largest absolute Gasteiger partial charge is 0.444 e. The summed E-state index contributed by atoms with van der Waals surface area (Å²) in [5.41, 5.74) is 0.817. The number of rotatable bonds is 1. The number of halogens is 1. The van der Waals surface area contributed by atoms with Crippen molar-refractivity contribution >= 4 is 29.0 Å². The highest BCUT2D eigenvalue weighted by atomic mass is 35.5. The minimum absolute atomic E-state index is 0.206. The first-order valence-corrected chi connectivity index (χ1v) is 7.74. The highest BCUT2D eigenvalue weighted by Crippen LogP contribution is 2.34. The molecule has 0 N–H and O–H groups in total. The summed E-state index contributed by atoms with van der Waals surface area (Å²) >= 11 is 7.83. The van der Waals surface area contributed by atoms with Crippen LogP contribution in [0.4, 0.5) is 4.79 Å². The molecule has 0 saturated heterocycles. The fourth-order valence-electron chi connectivity index (χ4n) is 2.27. The molecule has 1 atom stereocenters. The van der Waals surface area contributed by atoms with Gasteiger partial charge in [-0.05, 0) is 39.2 Å². The van der Waals surface area contributed by atoms with Crippen molar-refractivity contribution in [2.24, 2.45) is 0 Å². The van der Waals surface area contributed by atoms with E-state index in [-0.39, 0.29) is 12.1 Å². The molecule has 1 amide bonds. The smallest absolute Gasteiger partial charge is 0.410 e. The first kappa shape index (κ1) is 14.7. The minimum atomic E-state index is -0.447. The van der Waals surface area contributed by atoms with Gasteiger partial charge in [-0.2, -0.15) is 0 Å². The van der Waals surface area contributed by atoms with Gasteiger partial charge in [-0.3, -0.25) is 0 Å². The molecular weight excluding hydrogens is 282 g/mol. The van der Waals surface area contributed by atoms with Crippen LogP contribution in [0.2, 0.25) is 5.02 Å². The third kappa shape index (κ3) is 3.42. The Balaban J connectivity index is 2.02. The fourth-order valence-corrected chi connectivity index (χ4v) is 3.70. The van der Waals surface area contributed by atoms with E-state index in [1.54, 1.807) is 16.2 Å². The summed E-state index contributed by atoms with van der Waals surface area (Å²) in [4.78, 5) is 15.1. The lowest BCUT2D eigenvalue weighted by molar-refractivity contribution is 0.0211. The van der Waals surface area contributed by atoms with Gasteiger partial charge in [-0.15, -0.1) is 11.3 Å². The van der Waals surface area contributed by atoms with Gasteiger partial charge in [-0.1, -0.05) is 11.6 Å². The summed E-state index contributed by atoms with van der Waals surface area (Å²) in [7, 11) is 1.82. The number of nitrogens with zero attached hydrogens (tertiary/aromatic N) is 1. The van der Waals surface area contributed by atoms with Crippen LogP contribution in [0.3, 0.4) is 0 Å². The van der Waals surface area contributed by atoms with Crippen molar-refractivity contribution in [2.75, 3.05) is 7.05 Å². The SMILES string of the molecule is CN(C(=O)OC(C)(C)C)C1CCc2c(Cl)csc2C1. The molecule has 19 heavy (non-hydrogen) atoms. The van der Waals surface area contributed by atoms with E-state index in [1.165, 1.54) is 10.4 Å². The van der Waals surface area contributed by atoms with Gasteiger partial charge in [-0.25, -0.2) is 4.79 Å². The Bertz CT molecular complexity index is 478. The van der Waals surface area contributed by atoms with Crippen molar-refractivity contribution in [3.05, 3.63) is 20.8 Å². The van der Waals surface area contributed by atoms with Crippen molar-refractivity contribution in [3.8, 4) is 0 Å². The quantitative estimate of drug-likeness (QED) is 0.780. The second kappa shape index (κ2) is 5.33. The molecule has 0 aromatic carbocycles. The number of amides is 1. The predicted octanol–water partition coefficient (Wildman–Crippen LogP) is 4.13. The van der Waals surface area contributed by atoms with E-state index in [0.717, 1.165) is 24.3 Å². The Morgan fingerprint density at radius 2 is 2.21 bits per heavy atom. The molecule has 1 heterocycles.